The number of rotatable bonds is 5. The average molecular weight is 294 g/mol. The monoisotopic (exact) mass is 294 g/mol. The number of hydrogen-bond donors (Lipinski definition) is 2. The quantitative estimate of drug-likeness (QED) is 0.852. The van der Waals surface area contributed by atoms with Crippen molar-refractivity contribution in [2.45, 2.75) is 45.0 Å². The van der Waals surface area contributed by atoms with Crippen LogP contribution in [0, 0.1) is 0 Å². The third-order valence-corrected chi connectivity index (χ3v) is 2.96. The van der Waals surface area contributed by atoms with Crippen LogP contribution in [-0.2, 0) is 14.3 Å². The SMILES string of the molecule is CC(C)Oc1ncccc1NC(=O)[C@@H]1CC[C@H](C(=O)O)O1. The molecule has 2 atom stereocenters. The van der Waals surface area contributed by atoms with Crippen molar-refractivity contribution in [3.63, 3.8) is 0 Å². The normalized spacial score (nSPS) is 21.3. The van der Waals surface area contributed by atoms with Gasteiger partial charge in [0.1, 0.15) is 11.8 Å². The number of carboxylic acids is 1. The van der Waals surface area contributed by atoms with Crippen molar-refractivity contribution < 1.29 is 24.2 Å². The van der Waals surface area contributed by atoms with Gasteiger partial charge in [0, 0.05) is 6.20 Å². The van der Waals surface area contributed by atoms with Crippen molar-refractivity contribution in [3.05, 3.63) is 18.3 Å². The number of aromatic nitrogens is 1. The first-order valence-electron chi connectivity index (χ1n) is 6.78. The number of nitrogens with zero attached hydrogens (tertiary/aromatic N) is 1. The van der Waals surface area contributed by atoms with Gasteiger partial charge in [-0.1, -0.05) is 0 Å². The van der Waals surface area contributed by atoms with Crippen molar-refractivity contribution in [1.82, 2.24) is 4.98 Å². The lowest BCUT2D eigenvalue weighted by atomic mass is 10.2. The Morgan fingerprint density at radius 1 is 1.43 bits per heavy atom. The number of carbonyl (C=O) groups is 2. The maximum absolute atomic E-state index is 12.1. The summed E-state index contributed by atoms with van der Waals surface area (Å²) >= 11 is 0. The minimum atomic E-state index is -1.05. The standard InChI is InChI=1S/C14H18N2O5/c1-8(2)20-13-9(4-3-7-15-13)16-12(17)10-5-6-11(21-10)14(18)19/h3-4,7-8,10-11H,5-6H2,1-2H3,(H,16,17)(H,18,19)/t10-,11+/m0/s1. The van der Waals surface area contributed by atoms with E-state index in [1.807, 2.05) is 13.8 Å². The Balaban J connectivity index is 2.02. The first-order chi connectivity index (χ1) is 9.97. The van der Waals surface area contributed by atoms with Crippen molar-refractivity contribution in [1.29, 1.82) is 0 Å². The van der Waals surface area contributed by atoms with Gasteiger partial charge < -0.3 is 19.9 Å². The second kappa shape index (κ2) is 6.53. The molecule has 7 nitrogen and oxygen atoms in total. The largest absolute Gasteiger partial charge is 0.479 e. The summed E-state index contributed by atoms with van der Waals surface area (Å²) in [5, 5.41) is 11.5. The Labute approximate surface area is 122 Å². The zero-order valence-corrected chi connectivity index (χ0v) is 11.9. The number of amides is 1. The zero-order chi connectivity index (χ0) is 15.4. The van der Waals surface area contributed by atoms with Gasteiger partial charge in [0.05, 0.1) is 6.10 Å². The molecule has 1 aliphatic heterocycles. The molecule has 1 saturated heterocycles. The van der Waals surface area contributed by atoms with E-state index in [-0.39, 0.29) is 12.0 Å². The molecule has 0 unspecified atom stereocenters. The molecule has 21 heavy (non-hydrogen) atoms. The summed E-state index contributed by atoms with van der Waals surface area (Å²) in [6, 6.07) is 3.35. The predicted octanol–water partition coefficient (Wildman–Crippen LogP) is 1.44. The summed E-state index contributed by atoms with van der Waals surface area (Å²) in [5.41, 5.74) is 0.443. The van der Waals surface area contributed by atoms with Crippen LogP contribution >= 0.6 is 0 Å². The second-order valence-electron chi connectivity index (χ2n) is 5.04. The second-order valence-corrected chi connectivity index (χ2v) is 5.04. The highest BCUT2D eigenvalue weighted by Crippen LogP contribution is 2.25. The van der Waals surface area contributed by atoms with Gasteiger partial charge >= 0.3 is 5.97 Å². The molecule has 0 saturated carbocycles. The van der Waals surface area contributed by atoms with Crippen molar-refractivity contribution in [2.75, 3.05) is 5.32 Å². The van der Waals surface area contributed by atoms with Crippen molar-refractivity contribution in [2.24, 2.45) is 0 Å². The highest BCUT2D eigenvalue weighted by molar-refractivity contribution is 5.95. The third-order valence-electron chi connectivity index (χ3n) is 2.96. The van der Waals surface area contributed by atoms with Crippen LogP contribution in [0.3, 0.4) is 0 Å². The summed E-state index contributed by atoms with van der Waals surface area (Å²) in [6.45, 7) is 3.72. The molecule has 1 aliphatic rings. The molecule has 2 N–H and O–H groups in total. The Morgan fingerprint density at radius 3 is 2.76 bits per heavy atom. The molecule has 0 spiro atoms. The van der Waals surface area contributed by atoms with E-state index in [1.165, 1.54) is 0 Å². The first kappa shape index (κ1) is 15.2. The van der Waals surface area contributed by atoms with Gasteiger partial charge in [0.25, 0.3) is 5.91 Å². The van der Waals surface area contributed by atoms with Crippen LogP contribution in [0.1, 0.15) is 26.7 Å². The Kier molecular flexibility index (Phi) is 4.74. The molecule has 1 aromatic rings. The van der Waals surface area contributed by atoms with Crippen LogP contribution in [0.15, 0.2) is 18.3 Å². The number of hydrogen-bond acceptors (Lipinski definition) is 5. The summed E-state index contributed by atoms with van der Waals surface area (Å²) < 4.78 is 10.7. The lowest BCUT2D eigenvalue weighted by Gasteiger charge is -2.15. The lowest BCUT2D eigenvalue weighted by Crippen LogP contribution is -2.30. The fraction of sp³-hybridized carbons (Fsp3) is 0.500. The Hall–Kier alpha value is -2.15. The van der Waals surface area contributed by atoms with E-state index < -0.39 is 18.2 Å². The molecule has 2 heterocycles. The van der Waals surface area contributed by atoms with E-state index in [4.69, 9.17) is 14.6 Å². The molecule has 114 valence electrons. The topological polar surface area (TPSA) is 97.8 Å². The van der Waals surface area contributed by atoms with Crippen LogP contribution in [-0.4, -0.2) is 40.3 Å². The van der Waals surface area contributed by atoms with Gasteiger partial charge in [-0.15, -0.1) is 0 Å². The smallest absolute Gasteiger partial charge is 0.332 e. The van der Waals surface area contributed by atoms with Crippen LogP contribution < -0.4 is 10.1 Å². The molecule has 0 bridgehead atoms. The molecule has 0 aromatic carbocycles. The Bertz CT molecular complexity index is 532. The van der Waals surface area contributed by atoms with E-state index >= 15 is 0 Å². The van der Waals surface area contributed by atoms with E-state index in [1.54, 1.807) is 18.3 Å². The fourth-order valence-electron chi connectivity index (χ4n) is 2.03. The molecule has 1 fully saturated rings. The van der Waals surface area contributed by atoms with E-state index in [9.17, 15) is 9.59 Å². The number of carbonyl (C=O) groups excluding carboxylic acids is 1. The molecule has 7 heteroatoms. The number of aliphatic carboxylic acids is 1. The van der Waals surface area contributed by atoms with Gasteiger partial charge in [0.2, 0.25) is 5.88 Å². The van der Waals surface area contributed by atoms with Crippen molar-refractivity contribution in [3.8, 4) is 5.88 Å². The number of carboxylic acid groups (broad SMARTS) is 1. The van der Waals surface area contributed by atoms with E-state index in [2.05, 4.69) is 10.3 Å². The number of nitrogens with one attached hydrogen (secondary N) is 1. The molecular formula is C14H18N2O5. The summed E-state index contributed by atoms with van der Waals surface area (Å²) in [6.07, 6.45) is 0.521. The maximum Gasteiger partial charge on any atom is 0.332 e. The highest BCUT2D eigenvalue weighted by atomic mass is 16.5. The molecule has 1 amide bonds. The van der Waals surface area contributed by atoms with E-state index in [0.717, 1.165) is 0 Å². The van der Waals surface area contributed by atoms with Crippen LogP contribution in [0.5, 0.6) is 5.88 Å². The summed E-state index contributed by atoms with van der Waals surface area (Å²) in [5.74, 6) is -1.11. The molecule has 0 radical (unpaired) electrons. The maximum atomic E-state index is 12.1. The van der Waals surface area contributed by atoms with Gasteiger partial charge in [-0.2, -0.15) is 0 Å². The minimum Gasteiger partial charge on any atom is -0.479 e. The molecule has 1 aromatic heterocycles. The van der Waals surface area contributed by atoms with Gasteiger partial charge in [-0.3, -0.25) is 4.79 Å². The lowest BCUT2D eigenvalue weighted by molar-refractivity contribution is -0.150. The average Bonchev–Trinajstić information content (AvgIpc) is 2.90. The fourth-order valence-corrected chi connectivity index (χ4v) is 2.03. The predicted molar refractivity (Wildman–Crippen MR) is 74.2 cm³/mol. The summed E-state index contributed by atoms with van der Waals surface area (Å²) in [4.78, 5) is 27.0. The van der Waals surface area contributed by atoms with Crippen molar-refractivity contribution >= 4 is 17.6 Å². The van der Waals surface area contributed by atoms with Gasteiger partial charge in [-0.25, -0.2) is 9.78 Å². The number of anilines is 1. The van der Waals surface area contributed by atoms with Crippen LogP contribution in [0.2, 0.25) is 0 Å². The van der Waals surface area contributed by atoms with Gasteiger partial charge in [0.15, 0.2) is 6.10 Å². The number of pyridine rings is 1. The molecule has 0 aliphatic carbocycles. The highest BCUT2D eigenvalue weighted by Gasteiger charge is 2.35. The summed E-state index contributed by atoms with van der Waals surface area (Å²) in [7, 11) is 0. The third kappa shape index (κ3) is 3.91. The zero-order valence-electron chi connectivity index (χ0n) is 11.9. The molecule has 2 rings (SSSR count). The number of ether oxygens (including phenoxy) is 2. The van der Waals surface area contributed by atoms with Crippen LogP contribution in [0.4, 0.5) is 5.69 Å². The first-order valence-corrected chi connectivity index (χ1v) is 6.78. The minimum absolute atomic E-state index is 0.0744. The molecular weight excluding hydrogens is 276 g/mol. The Morgan fingerprint density at radius 2 is 2.14 bits per heavy atom. The van der Waals surface area contributed by atoms with Crippen LogP contribution in [0.25, 0.3) is 0 Å². The van der Waals surface area contributed by atoms with E-state index in [0.29, 0.717) is 24.4 Å². The van der Waals surface area contributed by atoms with Gasteiger partial charge in [-0.05, 0) is 38.8 Å².